The van der Waals surface area contributed by atoms with Gasteiger partial charge in [0.1, 0.15) is 17.5 Å². The Morgan fingerprint density at radius 3 is 2.64 bits per heavy atom. The number of halogens is 3. The van der Waals surface area contributed by atoms with Gasteiger partial charge in [0.05, 0.1) is 17.4 Å². The first-order chi connectivity index (χ1) is 11.8. The van der Waals surface area contributed by atoms with E-state index < -0.39 is 11.7 Å². The van der Waals surface area contributed by atoms with E-state index in [1.807, 2.05) is 6.07 Å². The molecular formula is C14H9F3N8. The molecule has 2 heterocycles. The minimum Gasteiger partial charge on any atom is -0.382 e. The van der Waals surface area contributed by atoms with Gasteiger partial charge in [0, 0.05) is 0 Å². The molecule has 0 aliphatic heterocycles. The summed E-state index contributed by atoms with van der Waals surface area (Å²) < 4.78 is 39.3. The van der Waals surface area contributed by atoms with Crippen LogP contribution in [0.25, 0.3) is 5.65 Å². The molecule has 0 unspecified atom stereocenters. The lowest BCUT2D eigenvalue weighted by atomic mass is 10.2. The smallest absolute Gasteiger partial charge is 0.382 e. The van der Waals surface area contributed by atoms with Crippen LogP contribution in [0.2, 0.25) is 0 Å². The van der Waals surface area contributed by atoms with Gasteiger partial charge in [-0.25, -0.2) is 4.98 Å². The molecule has 0 fully saturated rings. The number of fused-ring (bicyclic) bond motifs is 1. The molecule has 8 nitrogen and oxygen atoms in total. The monoisotopic (exact) mass is 346 g/mol. The van der Waals surface area contributed by atoms with Gasteiger partial charge in [-0.1, -0.05) is 6.07 Å². The first-order valence-electron chi connectivity index (χ1n) is 6.73. The molecule has 4 N–H and O–H groups in total. The van der Waals surface area contributed by atoms with Crippen LogP contribution in [0.3, 0.4) is 0 Å². The molecule has 0 atom stereocenters. The van der Waals surface area contributed by atoms with Crippen molar-refractivity contribution in [3.05, 3.63) is 41.6 Å². The standard InChI is InChI=1S/C14H9F3N8/c15-14(16,17)8-2-1-3-9(4-8)22-23-10-11(19)24-25-12(20)7(5-18)6-21-13(10)25/h1-4,6H,20H2,(H2,19,24). The number of azo groups is 1. The number of nitrogen functional groups attached to an aromatic ring is 2. The maximum absolute atomic E-state index is 12.7. The van der Waals surface area contributed by atoms with Crippen molar-refractivity contribution < 1.29 is 13.2 Å². The van der Waals surface area contributed by atoms with Gasteiger partial charge in [0.15, 0.2) is 17.2 Å². The van der Waals surface area contributed by atoms with Gasteiger partial charge >= 0.3 is 6.18 Å². The summed E-state index contributed by atoms with van der Waals surface area (Å²) in [6.07, 6.45) is -3.27. The summed E-state index contributed by atoms with van der Waals surface area (Å²) in [6, 6.07) is 6.19. The van der Waals surface area contributed by atoms with E-state index in [1.165, 1.54) is 18.3 Å². The largest absolute Gasteiger partial charge is 0.416 e. The van der Waals surface area contributed by atoms with Crippen molar-refractivity contribution >= 4 is 28.7 Å². The zero-order valence-corrected chi connectivity index (χ0v) is 12.4. The summed E-state index contributed by atoms with van der Waals surface area (Å²) in [5, 5.41) is 20.4. The lowest BCUT2D eigenvalue weighted by Gasteiger charge is -2.05. The maximum Gasteiger partial charge on any atom is 0.416 e. The highest BCUT2D eigenvalue weighted by Gasteiger charge is 2.30. The molecule has 0 aliphatic carbocycles. The van der Waals surface area contributed by atoms with E-state index >= 15 is 0 Å². The molecular weight excluding hydrogens is 337 g/mol. The molecule has 1 aromatic carbocycles. The van der Waals surface area contributed by atoms with Crippen LogP contribution in [-0.2, 0) is 6.18 Å². The molecule has 0 radical (unpaired) electrons. The van der Waals surface area contributed by atoms with Crippen LogP contribution in [-0.4, -0.2) is 14.6 Å². The second kappa shape index (κ2) is 5.75. The first-order valence-corrected chi connectivity index (χ1v) is 6.73. The summed E-state index contributed by atoms with van der Waals surface area (Å²) in [6.45, 7) is 0. The molecule has 0 aliphatic rings. The Kier molecular flexibility index (Phi) is 3.72. The number of aromatic nitrogens is 3. The van der Waals surface area contributed by atoms with E-state index in [1.54, 1.807) is 0 Å². The molecule has 126 valence electrons. The molecule has 0 saturated heterocycles. The molecule has 11 heteroatoms. The number of hydrogen-bond acceptors (Lipinski definition) is 7. The third kappa shape index (κ3) is 2.92. The van der Waals surface area contributed by atoms with Gasteiger partial charge in [0.25, 0.3) is 0 Å². The molecule has 3 aromatic rings. The van der Waals surface area contributed by atoms with E-state index in [4.69, 9.17) is 16.7 Å². The fourth-order valence-corrected chi connectivity index (χ4v) is 2.04. The predicted molar refractivity (Wildman–Crippen MR) is 82.1 cm³/mol. The zero-order valence-electron chi connectivity index (χ0n) is 12.4. The summed E-state index contributed by atoms with van der Waals surface area (Å²) in [5.74, 6) is -0.0651. The number of rotatable bonds is 2. The second-order valence-electron chi connectivity index (χ2n) is 4.89. The van der Waals surface area contributed by atoms with Crippen LogP contribution < -0.4 is 11.5 Å². The number of anilines is 2. The van der Waals surface area contributed by atoms with Gasteiger partial charge in [0.2, 0.25) is 0 Å². The van der Waals surface area contributed by atoms with Crippen molar-refractivity contribution in [3.63, 3.8) is 0 Å². The minimum absolute atomic E-state index is 0.0136. The van der Waals surface area contributed by atoms with E-state index in [-0.39, 0.29) is 34.2 Å². The molecule has 2 aromatic heterocycles. The van der Waals surface area contributed by atoms with Crippen LogP contribution in [0.1, 0.15) is 11.1 Å². The maximum atomic E-state index is 12.7. The average Bonchev–Trinajstić information content (AvgIpc) is 2.89. The van der Waals surface area contributed by atoms with E-state index in [0.717, 1.165) is 16.6 Å². The fourth-order valence-electron chi connectivity index (χ4n) is 2.04. The Hall–Kier alpha value is -3.68. The highest BCUT2D eigenvalue weighted by atomic mass is 19.4. The Morgan fingerprint density at radius 1 is 1.20 bits per heavy atom. The Labute approximate surface area is 138 Å². The third-order valence-corrected chi connectivity index (χ3v) is 3.24. The molecule has 0 bridgehead atoms. The van der Waals surface area contributed by atoms with Crippen LogP contribution >= 0.6 is 0 Å². The number of hydrogen-bond donors (Lipinski definition) is 2. The van der Waals surface area contributed by atoms with Crippen LogP contribution in [0.5, 0.6) is 0 Å². The molecule has 3 rings (SSSR count). The minimum atomic E-state index is -4.49. The first kappa shape index (κ1) is 16.2. The number of alkyl halides is 3. The molecule has 0 amide bonds. The van der Waals surface area contributed by atoms with Crippen molar-refractivity contribution in [1.82, 2.24) is 14.6 Å². The number of nitrogens with two attached hydrogens (primary N) is 2. The highest BCUT2D eigenvalue weighted by Crippen LogP contribution is 2.33. The average molecular weight is 346 g/mol. The van der Waals surface area contributed by atoms with Crippen molar-refractivity contribution in [1.29, 1.82) is 5.26 Å². The summed E-state index contributed by atoms with van der Waals surface area (Å²) in [5.41, 5.74) is 10.9. The van der Waals surface area contributed by atoms with Gasteiger partial charge in [-0.3, -0.25) is 0 Å². The van der Waals surface area contributed by atoms with Crippen LogP contribution in [0.4, 0.5) is 36.2 Å². The van der Waals surface area contributed by atoms with Gasteiger partial charge < -0.3 is 11.5 Å². The predicted octanol–water partition coefficient (Wildman–Crippen LogP) is 3.20. The summed E-state index contributed by atoms with van der Waals surface area (Å²) in [7, 11) is 0. The second-order valence-corrected chi connectivity index (χ2v) is 4.89. The Bertz CT molecular complexity index is 1030. The molecule has 25 heavy (non-hydrogen) atoms. The van der Waals surface area contributed by atoms with Crippen molar-refractivity contribution in [2.75, 3.05) is 11.5 Å². The van der Waals surface area contributed by atoms with Crippen LogP contribution in [0.15, 0.2) is 40.7 Å². The van der Waals surface area contributed by atoms with Gasteiger partial charge in [-0.2, -0.15) is 28.1 Å². The van der Waals surface area contributed by atoms with Gasteiger partial charge in [-0.15, -0.1) is 10.2 Å². The SMILES string of the molecule is N#Cc1cnc2c(N=Nc3cccc(C(F)(F)F)c3)c(N)nn2c1N. The molecule has 0 spiro atoms. The van der Waals surface area contributed by atoms with E-state index in [9.17, 15) is 13.2 Å². The normalized spacial score (nSPS) is 11.9. The summed E-state index contributed by atoms with van der Waals surface area (Å²) in [4.78, 5) is 3.99. The van der Waals surface area contributed by atoms with Crippen molar-refractivity contribution in [3.8, 4) is 6.07 Å². The van der Waals surface area contributed by atoms with Crippen LogP contribution in [0, 0.1) is 11.3 Å². The fraction of sp³-hybridized carbons (Fsp3) is 0.0714. The zero-order chi connectivity index (χ0) is 18.2. The number of benzene rings is 1. The Balaban J connectivity index is 2.04. The topological polar surface area (TPSA) is 131 Å². The van der Waals surface area contributed by atoms with Gasteiger partial charge in [-0.05, 0) is 18.2 Å². The van der Waals surface area contributed by atoms with Crippen molar-refractivity contribution in [2.45, 2.75) is 6.18 Å². The number of nitriles is 1. The third-order valence-electron chi connectivity index (χ3n) is 3.24. The lowest BCUT2D eigenvalue weighted by Crippen LogP contribution is -2.03. The highest BCUT2D eigenvalue weighted by molar-refractivity contribution is 5.77. The number of nitrogens with zero attached hydrogens (tertiary/aromatic N) is 6. The Morgan fingerprint density at radius 2 is 1.96 bits per heavy atom. The van der Waals surface area contributed by atoms with E-state index in [2.05, 4.69) is 20.3 Å². The molecule has 0 saturated carbocycles. The van der Waals surface area contributed by atoms with E-state index in [0.29, 0.717) is 0 Å². The summed E-state index contributed by atoms with van der Waals surface area (Å²) >= 11 is 0. The quantitative estimate of drug-likeness (QED) is 0.688. The lowest BCUT2D eigenvalue weighted by molar-refractivity contribution is -0.137. The van der Waals surface area contributed by atoms with Crippen molar-refractivity contribution in [2.24, 2.45) is 10.2 Å².